The number of nitrogen functional groups attached to an aromatic ring is 1. The molecule has 0 amide bonds. The number of nitrogens with zero attached hydrogens (tertiary/aromatic N) is 5. The number of aromatic carboxylic acids is 1. The minimum Gasteiger partial charge on any atom is -0.508 e. The summed E-state index contributed by atoms with van der Waals surface area (Å²) >= 11 is 7.27. The fourth-order valence-electron chi connectivity index (χ4n) is 6.79. The maximum absolute atomic E-state index is 12.8. The zero-order chi connectivity index (χ0) is 40.0. The number of carboxylic acid groups (broad SMARTS) is 1. The fourth-order valence-corrected chi connectivity index (χ4v) is 8.22. The lowest BCUT2D eigenvalue weighted by Gasteiger charge is -2.30. The molecule has 0 spiro atoms. The molecule has 0 atom stereocenters. The van der Waals surface area contributed by atoms with Gasteiger partial charge in [-0.25, -0.2) is 19.7 Å². The van der Waals surface area contributed by atoms with Crippen molar-refractivity contribution in [1.82, 2.24) is 24.4 Å². The predicted molar refractivity (Wildman–Crippen MR) is 220 cm³/mol. The number of imidazole rings is 1. The van der Waals surface area contributed by atoms with Crippen molar-refractivity contribution in [2.45, 2.75) is 42.9 Å². The molecule has 0 bridgehead atoms. The Kier molecular flexibility index (Phi) is 9.78. The van der Waals surface area contributed by atoms with E-state index in [0.29, 0.717) is 91.4 Å². The van der Waals surface area contributed by atoms with Gasteiger partial charge < -0.3 is 44.6 Å². The van der Waals surface area contributed by atoms with Crippen LogP contribution in [0.25, 0.3) is 44.6 Å². The van der Waals surface area contributed by atoms with E-state index in [4.69, 9.17) is 43.2 Å². The number of carbonyl (C=O) groups is 1. The number of aryl methyl sites for hydroxylation is 1. The van der Waals surface area contributed by atoms with E-state index >= 15 is 0 Å². The Balaban J connectivity index is 1.05. The molecule has 0 saturated carbocycles. The number of aromatic nitrogens is 4. The Labute approximate surface area is 334 Å². The smallest absolute Gasteiger partial charge is 0.336 e. The van der Waals surface area contributed by atoms with Crippen molar-refractivity contribution in [3.63, 3.8) is 0 Å². The molecule has 2 aliphatic heterocycles. The monoisotopic (exact) mass is 799 g/mol. The third-order valence-electron chi connectivity index (χ3n) is 9.47. The number of fused-ring (bicyclic) bond motifs is 4. The standard InChI is InChI=1S/C41H33N7O7S2/c1-4-22-14-32-33(54-20-53-32)18-34(22)57-41-46-36-37(42)43-19-44-38(36)48(41)13-5-12-47(21(2)3)40(56)45-23-6-9-26(29(15-23)39(51)52)35-27-10-7-24(49)16-30(27)55-31-17-25(50)8-11-28(31)35/h1,6-11,14-19,21,49H,5,12-13,20H2,2-3H3,(H,45,56)(H,51,52)(H2,42,43,44). The Morgan fingerprint density at radius 1 is 1.09 bits per heavy atom. The first-order valence-electron chi connectivity index (χ1n) is 17.7. The number of aromatic hydroxyl groups is 1. The normalized spacial score (nSPS) is 12.0. The summed E-state index contributed by atoms with van der Waals surface area (Å²) in [6.45, 7) is 5.17. The molecule has 5 aromatic rings. The zero-order valence-electron chi connectivity index (χ0n) is 30.5. The lowest BCUT2D eigenvalue weighted by molar-refractivity contribution is 0.0697. The second-order valence-electron chi connectivity index (χ2n) is 13.4. The first-order chi connectivity index (χ1) is 27.5. The van der Waals surface area contributed by atoms with E-state index in [1.54, 1.807) is 30.3 Å². The third kappa shape index (κ3) is 7.10. The van der Waals surface area contributed by atoms with Crippen LogP contribution < -0.4 is 26.0 Å². The van der Waals surface area contributed by atoms with Crippen LogP contribution in [0, 0.1) is 12.3 Å². The lowest BCUT2D eigenvalue weighted by Crippen LogP contribution is -2.40. The SMILES string of the molecule is C#Cc1cc2c(cc1Sc1nc3c(N)ncnc3n1CCCN(C(=S)Nc1ccc(-c3c4ccc(=O)cc-4oc4cc(O)ccc34)c(C(=O)O)c1)C(C)C)OCO2. The highest BCUT2D eigenvalue weighted by atomic mass is 32.2. The van der Waals surface area contributed by atoms with Gasteiger partial charge in [-0.15, -0.1) is 6.42 Å². The Bertz CT molecular complexity index is 2830. The number of ether oxygens (including phenoxy) is 2. The van der Waals surface area contributed by atoms with E-state index in [1.807, 2.05) is 29.4 Å². The van der Waals surface area contributed by atoms with Crippen LogP contribution in [-0.2, 0) is 6.54 Å². The van der Waals surface area contributed by atoms with Gasteiger partial charge in [-0.05, 0) is 80.5 Å². The van der Waals surface area contributed by atoms with Gasteiger partial charge in [0.05, 0.1) is 5.56 Å². The van der Waals surface area contributed by atoms with Crippen LogP contribution in [0.5, 0.6) is 17.2 Å². The summed E-state index contributed by atoms with van der Waals surface area (Å²) in [6, 6.07) is 17.5. The third-order valence-corrected chi connectivity index (χ3v) is 10.9. The summed E-state index contributed by atoms with van der Waals surface area (Å²) in [6.07, 6.45) is 7.88. The minimum absolute atomic E-state index is 0.000651. The molecule has 8 rings (SSSR count). The Morgan fingerprint density at radius 2 is 1.88 bits per heavy atom. The molecule has 286 valence electrons. The molecule has 57 heavy (non-hydrogen) atoms. The van der Waals surface area contributed by atoms with E-state index in [9.17, 15) is 19.8 Å². The summed E-state index contributed by atoms with van der Waals surface area (Å²) in [5.74, 6) is 3.22. The zero-order valence-corrected chi connectivity index (χ0v) is 32.1. The lowest BCUT2D eigenvalue weighted by atomic mass is 9.90. The number of phenolic OH excluding ortho intramolecular Hbond substituents is 1. The summed E-state index contributed by atoms with van der Waals surface area (Å²) in [7, 11) is 0. The van der Waals surface area contributed by atoms with E-state index in [-0.39, 0.29) is 41.2 Å². The van der Waals surface area contributed by atoms with Crippen LogP contribution >= 0.6 is 24.0 Å². The van der Waals surface area contributed by atoms with Gasteiger partial charge >= 0.3 is 5.97 Å². The van der Waals surface area contributed by atoms with Gasteiger partial charge in [0.15, 0.2) is 44.2 Å². The van der Waals surface area contributed by atoms with Gasteiger partial charge in [-0.2, -0.15) is 0 Å². The van der Waals surface area contributed by atoms with Crippen LogP contribution in [0.4, 0.5) is 11.5 Å². The number of rotatable bonds is 10. The molecule has 0 fully saturated rings. The number of thiocarbonyl (C=S) groups is 1. The van der Waals surface area contributed by atoms with Gasteiger partial charge in [-0.1, -0.05) is 23.7 Å². The number of benzene rings is 4. The molecule has 4 heterocycles. The van der Waals surface area contributed by atoms with Crippen molar-refractivity contribution < 1.29 is 28.9 Å². The van der Waals surface area contributed by atoms with Crippen molar-refractivity contribution >= 4 is 68.7 Å². The largest absolute Gasteiger partial charge is 0.508 e. The molecular weight excluding hydrogens is 767 g/mol. The Morgan fingerprint density at radius 3 is 2.65 bits per heavy atom. The van der Waals surface area contributed by atoms with Crippen LogP contribution in [0.15, 0.2) is 92.3 Å². The van der Waals surface area contributed by atoms with E-state index in [1.165, 1.54) is 48.4 Å². The molecule has 3 aliphatic rings. The summed E-state index contributed by atoms with van der Waals surface area (Å²) in [5, 5.41) is 25.5. The fraction of sp³-hybridized carbons (Fsp3) is 0.171. The number of hydrogen-bond acceptors (Lipinski definition) is 12. The minimum atomic E-state index is -1.16. The first kappa shape index (κ1) is 37.1. The van der Waals surface area contributed by atoms with Crippen LogP contribution in [0.1, 0.15) is 36.2 Å². The highest BCUT2D eigenvalue weighted by Gasteiger charge is 2.25. The van der Waals surface area contributed by atoms with Gasteiger partial charge in [-0.3, -0.25) is 4.79 Å². The molecule has 0 radical (unpaired) electrons. The van der Waals surface area contributed by atoms with Crippen molar-refractivity contribution in [2.75, 3.05) is 24.4 Å². The second kappa shape index (κ2) is 15.0. The topological polar surface area (TPSA) is 191 Å². The maximum atomic E-state index is 12.8. The van der Waals surface area contributed by atoms with Crippen molar-refractivity contribution in [3.05, 3.63) is 94.4 Å². The summed E-state index contributed by atoms with van der Waals surface area (Å²) in [5.41, 5.74) is 9.89. The molecule has 0 unspecified atom stereocenters. The molecule has 16 heteroatoms. The summed E-state index contributed by atoms with van der Waals surface area (Å²) < 4.78 is 19.0. The van der Waals surface area contributed by atoms with Crippen LogP contribution in [0.3, 0.4) is 0 Å². The molecule has 0 saturated heterocycles. The number of carboxylic acids is 1. The highest BCUT2D eigenvalue weighted by molar-refractivity contribution is 7.99. The molecule has 2 aromatic heterocycles. The number of phenols is 1. The number of anilines is 2. The molecule has 5 N–H and O–H groups in total. The van der Waals surface area contributed by atoms with Gasteiger partial charge in [0.1, 0.15) is 23.4 Å². The van der Waals surface area contributed by atoms with Gasteiger partial charge in [0, 0.05) is 70.0 Å². The first-order valence-corrected chi connectivity index (χ1v) is 18.9. The quantitative estimate of drug-likeness (QED) is 0.0625. The van der Waals surface area contributed by atoms with Crippen molar-refractivity contribution in [3.8, 4) is 52.0 Å². The number of hydrogen-bond donors (Lipinski definition) is 4. The number of terminal acetylenes is 1. The number of nitrogens with two attached hydrogens (primary N) is 1. The highest BCUT2D eigenvalue weighted by Crippen LogP contribution is 2.43. The molecule has 3 aromatic carbocycles. The van der Waals surface area contributed by atoms with Gasteiger partial charge in [0.2, 0.25) is 6.79 Å². The maximum Gasteiger partial charge on any atom is 0.336 e. The molecular formula is C41H33N7O7S2. The summed E-state index contributed by atoms with van der Waals surface area (Å²) in [4.78, 5) is 41.3. The van der Waals surface area contributed by atoms with Crippen molar-refractivity contribution in [2.24, 2.45) is 0 Å². The van der Waals surface area contributed by atoms with Gasteiger partial charge in [0.25, 0.3) is 0 Å². The van der Waals surface area contributed by atoms with Crippen molar-refractivity contribution in [1.29, 1.82) is 0 Å². The van der Waals surface area contributed by atoms with Crippen LogP contribution in [0.2, 0.25) is 0 Å². The van der Waals surface area contributed by atoms with E-state index in [2.05, 4.69) is 21.2 Å². The van der Waals surface area contributed by atoms with Crippen LogP contribution in [-0.4, -0.2) is 65.1 Å². The average Bonchev–Trinajstić information content (AvgIpc) is 3.79. The van der Waals surface area contributed by atoms with E-state index < -0.39 is 5.97 Å². The Hall–Kier alpha value is -6.83. The predicted octanol–water partition coefficient (Wildman–Crippen LogP) is 7.05. The molecule has 14 nitrogen and oxygen atoms in total. The molecule has 1 aliphatic carbocycles. The van der Waals surface area contributed by atoms with E-state index in [0.717, 1.165) is 4.90 Å². The average molecular weight is 800 g/mol. The second-order valence-corrected chi connectivity index (χ2v) is 14.8. The number of nitrogens with one attached hydrogen (secondary N) is 1.